The van der Waals surface area contributed by atoms with Crippen molar-refractivity contribution in [1.82, 2.24) is 5.32 Å². The molecule has 3 N–H and O–H groups in total. The van der Waals surface area contributed by atoms with Gasteiger partial charge >= 0.3 is 6.03 Å². The van der Waals surface area contributed by atoms with E-state index >= 15 is 0 Å². The lowest BCUT2D eigenvalue weighted by Gasteiger charge is -2.15. The first kappa shape index (κ1) is 17.9. The summed E-state index contributed by atoms with van der Waals surface area (Å²) < 4.78 is 13.6. The number of aryl methyl sites for hydroxylation is 2. The topological polar surface area (TPSA) is 70.2 Å². The van der Waals surface area contributed by atoms with E-state index in [0.29, 0.717) is 5.69 Å². The minimum atomic E-state index is -0.561. The highest BCUT2D eigenvalue weighted by Gasteiger charge is 2.14. The number of hydrogen-bond acceptors (Lipinski definition) is 3. The van der Waals surface area contributed by atoms with Crippen LogP contribution >= 0.6 is 11.3 Å². The maximum Gasteiger partial charge on any atom is 0.319 e. The molecule has 1 aromatic heterocycles. The van der Waals surface area contributed by atoms with Crippen LogP contribution in [0.2, 0.25) is 0 Å². The van der Waals surface area contributed by atoms with Gasteiger partial charge in [-0.05, 0) is 50.6 Å². The molecule has 0 aliphatic carbocycles. The van der Waals surface area contributed by atoms with Gasteiger partial charge in [-0.25, -0.2) is 9.18 Å². The summed E-state index contributed by atoms with van der Waals surface area (Å²) in [5, 5.41) is 7.87. The summed E-state index contributed by atoms with van der Waals surface area (Å²) in [6, 6.07) is 5.51. The molecule has 1 atom stereocenters. The Balaban J connectivity index is 2.04. The first-order valence-corrected chi connectivity index (χ1v) is 8.29. The van der Waals surface area contributed by atoms with Gasteiger partial charge in [-0.2, -0.15) is 0 Å². The van der Waals surface area contributed by atoms with Gasteiger partial charge in [0.05, 0.1) is 11.7 Å². The van der Waals surface area contributed by atoms with E-state index in [2.05, 4.69) is 22.0 Å². The minimum Gasteiger partial charge on any atom is -0.331 e. The molecule has 0 radical (unpaired) electrons. The molecule has 0 fully saturated rings. The van der Waals surface area contributed by atoms with E-state index in [1.54, 1.807) is 11.3 Å². The zero-order chi connectivity index (χ0) is 17.9. The second kappa shape index (κ2) is 7.44. The molecule has 128 valence electrons. The molecular weight excluding hydrogens is 329 g/mol. The van der Waals surface area contributed by atoms with Crippen LogP contribution < -0.4 is 16.0 Å². The maximum absolute atomic E-state index is 13.6. The van der Waals surface area contributed by atoms with Gasteiger partial charge in [-0.3, -0.25) is 4.79 Å². The molecule has 0 saturated carbocycles. The molecule has 2 aromatic rings. The third kappa shape index (κ3) is 4.55. The van der Waals surface area contributed by atoms with Crippen LogP contribution in [-0.2, 0) is 4.79 Å². The van der Waals surface area contributed by atoms with Crippen LogP contribution in [0.15, 0.2) is 24.3 Å². The van der Waals surface area contributed by atoms with E-state index in [9.17, 15) is 14.0 Å². The third-order valence-corrected chi connectivity index (χ3v) is 4.41. The number of thiophene rings is 1. The number of benzene rings is 1. The Morgan fingerprint density at radius 3 is 2.46 bits per heavy atom. The van der Waals surface area contributed by atoms with Crippen molar-refractivity contribution in [1.29, 1.82) is 0 Å². The van der Waals surface area contributed by atoms with Crippen LogP contribution in [-0.4, -0.2) is 11.9 Å². The van der Waals surface area contributed by atoms with Crippen LogP contribution in [0.3, 0.4) is 0 Å². The summed E-state index contributed by atoms with van der Waals surface area (Å²) in [6.45, 7) is 7.24. The van der Waals surface area contributed by atoms with Crippen LogP contribution in [0, 0.1) is 19.7 Å². The van der Waals surface area contributed by atoms with Crippen molar-refractivity contribution in [3.05, 3.63) is 45.4 Å². The van der Waals surface area contributed by atoms with E-state index < -0.39 is 11.8 Å². The number of urea groups is 1. The van der Waals surface area contributed by atoms with Crippen molar-refractivity contribution < 1.29 is 14.0 Å². The second-order valence-corrected chi connectivity index (χ2v) is 7.02. The Bertz CT molecular complexity index is 773. The average molecular weight is 349 g/mol. The van der Waals surface area contributed by atoms with Crippen LogP contribution in [0.4, 0.5) is 20.6 Å². The van der Waals surface area contributed by atoms with Crippen molar-refractivity contribution in [2.24, 2.45) is 0 Å². The van der Waals surface area contributed by atoms with E-state index in [4.69, 9.17) is 0 Å². The number of anilines is 2. The third-order valence-electron chi connectivity index (χ3n) is 3.43. The van der Waals surface area contributed by atoms with Gasteiger partial charge in [0.15, 0.2) is 0 Å². The molecular formula is C17H20FN3O2S. The summed E-state index contributed by atoms with van der Waals surface area (Å²) in [5.41, 5.74) is 1.49. The molecule has 5 nitrogen and oxygen atoms in total. The van der Waals surface area contributed by atoms with Gasteiger partial charge in [0, 0.05) is 22.4 Å². The lowest BCUT2D eigenvalue weighted by atomic mass is 10.1. The van der Waals surface area contributed by atoms with Gasteiger partial charge in [-0.15, -0.1) is 11.3 Å². The zero-order valence-corrected chi connectivity index (χ0v) is 14.8. The smallest absolute Gasteiger partial charge is 0.319 e. The van der Waals surface area contributed by atoms with Crippen molar-refractivity contribution in [3.8, 4) is 0 Å². The highest BCUT2D eigenvalue weighted by Crippen LogP contribution is 2.26. The van der Waals surface area contributed by atoms with Crippen LogP contribution in [0.25, 0.3) is 0 Å². The largest absolute Gasteiger partial charge is 0.331 e. The highest BCUT2D eigenvalue weighted by atomic mass is 32.1. The zero-order valence-electron chi connectivity index (χ0n) is 14.0. The fraction of sp³-hybridized carbons (Fsp3) is 0.294. The molecule has 0 spiro atoms. The molecule has 2 rings (SSSR count). The molecule has 3 amide bonds. The number of rotatable bonds is 4. The molecule has 0 aliphatic rings. The van der Waals surface area contributed by atoms with E-state index in [1.165, 1.54) is 30.0 Å². The Kier molecular flexibility index (Phi) is 5.56. The standard InChI is InChI=1S/C17H20FN3O2S/c1-9-7-14(11(3)24-9)10(2)19-17(23)21-13-5-6-15(18)16(8-13)20-12(4)22/h5-8,10H,1-4H3,(H,20,22)(H2,19,21,23). The first-order valence-electron chi connectivity index (χ1n) is 7.48. The fourth-order valence-corrected chi connectivity index (χ4v) is 3.43. The van der Waals surface area contributed by atoms with Crippen molar-refractivity contribution in [3.63, 3.8) is 0 Å². The molecule has 1 aromatic carbocycles. The number of carbonyl (C=O) groups excluding carboxylic acids is 2. The number of nitrogens with one attached hydrogen (secondary N) is 3. The van der Waals surface area contributed by atoms with Gasteiger partial charge in [0.2, 0.25) is 5.91 Å². The molecule has 1 heterocycles. The van der Waals surface area contributed by atoms with Crippen molar-refractivity contribution >= 4 is 34.6 Å². The van der Waals surface area contributed by atoms with Crippen molar-refractivity contribution in [2.75, 3.05) is 10.6 Å². The molecule has 0 bridgehead atoms. The van der Waals surface area contributed by atoms with E-state index in [-0.39, 0.29) is 17.6 Å². The van der Waals surface area contributed by atoms with Crippen LogP contribution in [0.1, 0.15) is 35.2 Å². The second-order valence-electron chi connectivity index (χ2n) is 5.56. The highest BCUT2D eigenvalue weighted by molar-refractivity contribution is 7.12. The fourth-order valence-electron chi connectivity index (χ4n) is 2.41. The Morgan fingerprint density at radius 2 is 1.88 bits per heavy atom. The number of carbonyl (C=O) groups is 2. The van der Waals surface area contributed by atoms with Crippen LogP contribution in [0.5, 0.6) is 0 Å². The summed E-state index contributed by atoms with van der Waals surface area (Å²) in [6.07, 6.45) is 0. The van der Waals surface area contributed by atoms with Gasteiger partial charge in [-0.1, -0.05) is 0 Å². The molecule has 24 heavy (non-hydrogen) atoms. The maximum atomic E-state index is 13.6. The van der Waals surface area contributed by atoms with E-state index in [1.807, 2.05) is 20.8 Å². The monoisotopic (exact) mass is 349 g/mol. The summed E-state index contributed by atoms with van der Waals surface area (Å²) >= 11 is 1.68. The first-order chi connectivity index (χ1) is 11.3. The minimum absolute atomic E-state index is 0.0256. The lowest BCUT2D eigenvalue weighted by molar-refractivity contribution is -0.114. The van der Waals surface area contributed by atoms with E-state index in [0.717, 1.165) is 10.4 Å². The van der Waals surface area contributed by atoms with Crippen molar-refractivity contribution in [2.45, 2.75) is 33.7 Å². The number of halogens is 1. The summed E-state index contributed by atoms with van der Waals surface area (Å²) in [5.74, 6) is -0.943. The summed E-state index contributed by atoms with van der Waals surface area (Å²) in [4.78, 5) is 25.5. The predicted octanol–water partition coefficient (Wildman–Crippen LogP) is 4.35. The lowest BCUT2D eigenvalue weighted by Crippen LogP contribution is -2.31. The molecule has 1 unspecified atom stereocenters. The van der Waals surface area contributed by atoms with Gasteiger partial charge in [0.1, 0.15) is 5.82 Å². The number of hydrogen-bond donors (Lipinski definition) is 3. The average Bonchev–Trinajstić information content (AvgIpc) is 2.81. The predicted molar refractivity (Wildman–Crippen MR) is 95.1 cm³/mol. The number of amides is 3. The molecule has 0 aliphatic heterocycles. The molecule has 7 heteroatoms. The quantitative estimate of drug-likeness (QED) is 0.768. The normalized spacial score (nSPS) is 11.7. The van der Waals surface area contributed by atoms with Gasteiger partial charge in [0.25, 0.3) is 0 Å². The van der Waals surface area contributed by atoms with Gasteiger partial charge < -0.3 is 16.0 Å². The Morgan fingerprint density at radius 1 is 1.17 bits per heavy atom. The summed E-state index contributed by atoms with van der Waals surface area (Å²) in [7, 11) is 0. The molecule has 0 saturated heterocycles. The Hall–Kier alpha value is -2.41. The SMILES string of the molecule is CC(=O)Nc1cc(NC(=O)NC(C)c2cc(C)sc2C)ccc1F. The Labute approximate surface area is 144 Å².